The summed E-state index contributed by atoms with van der Waals surface area (Å²) < 4.78 is 23.7. The highest BCUT2D eigenvalue weighted by atomic mass is 19.1. The zero-order valence-electron chi connectivity index (χ0n) is 27.0. The second-order valence-electron chi connectivity index (χ2n) is 14.0. The standard InChI is InChI=1S/C35H35FN8O5/c1-18-30(46)28(38-17-37-18)33(48)42-10-8-35(9-11-42)23-15-22(23)29-27(35)32(47)44-34(40-31(41-44)20-6-12-49-13-7-20)43(29)16-26(45)39-25-5-4-21(14-24(25)36)19-2-3-19/h4-6,14,17,19,22-23,46H,2-3,7-13,15-16H2,1H3,(H,39,45)/t22-,23+/m0/s1. The van der Waals surface area contributed by atoms with Gasteiger partial charge in [0, 0.05) is 35.7 Å². The highest BCUT2D eigenvalue weighted by Gasteiger charge is 2.64. The molecule has 9 rings (SSSR count). The molecule has 2 atom stereocenters. The third-order valence-electron chi connectivity index (χ3n) is 11.2. The van der Waals surface area contributed by atoms with E-state index in [9.17, 15) is 19.5 Å². The van der Waals surface area contributed by atoms with Gasteiger partial charge >= 0.3 is 0 Å². The maximum atomic E-state index is 15.1. The molecule has 1 aromatic carbocycles. The van der Waals surface area contributed by atoms with Crippen molar-refractivity contribution in [1.29, 1.82) is 0 Å². The lowest BCUT2D eigenvalue weighted by Crippen LogP contribution is -2.48. The van der Waals surface area contributed by atoms with E-state index in [0.717, 1.165) is 36.1 Å². The van der Waals surface area contributed by atoms with Crippen LogP contribution in [0.5, 0.6) is 5.75 Å². The molecule has 2 aliphatic heterocycles. The van der Waals surface area contributed by atoms with Gasteiger partial charge in [-0.25, -0.2) is 14.4 Å². The van der Waals surface area contributed by atoms with Gasteiger partial charge in [0.1, 0.15) is 18.7 Å². The Kier molecular flexibility index (Phi) is 6.77. The number of carbonyl (C=O) groups excluding carboxylic acids is 2. The van der Waals surface area contributed by atoms with Crippen molar-refractivity contribution >= 4 is 28.9 Å². The normalized spacial score (nSPS) is 22.2. The number of aromatic hydroxyl groups is 1. The van der Waals surface area contributed by atoms with Crippen LogP contribution in [-0.4, -0.2) is 77.3 Å². The largest absolute Gasteiger partial charge is 0.504 e. The molecule has 2 saturated carbocycles. The van der Waals surface area contributed by atoms with Crippen LogP contribution in [0.25, 0.3) is 11.4 Å². The lowest BCUT2D eigenvalue weighted by Gasteiger charge is -2.41. The van der Waals surface area contributed by atoms with Gasteiger partial charge in [0.05, 0.1) is 24.6 Å². The van der Waals surface area contributed by atoms with Crippen molar-refractivity contribution in [3.63, 3.8) is 0 Å². The van der Waals surface area contributed by atoms with Crippen LogP contribution in [0.4, 0.5) is 10.1 Å². The molecule has 13 nitrogen and oxygen atoms in total. The maximum absolute atomic E-state index is 15.1. The number of ether oxygens (including phenoxy) is 1. The van der Waals surface area contributed by atoms with Crippen LogP contribution in [0.1, 0.15) is 89.2 Å². The molecule has 3 aromatic heterocycles. The van der Waals surface area contributed by atoms with Crippen molar-refractivity contribution in [1.82, 2.24) is 34.0 Å². The summed E-state index contributed by atoms with van der Waals surface area (Å²) in [6, 6.07) is 4.97. The molecule has 3 aliphatic carbocycles. The molecule has 5 heterocycles. The molecular formula is C35H35FN8O5. The van der Waals surface area contributed by atoms with Crippen molar-refractivity contribution in [3.8, 4) is 5.75 Å². The quantitative estimate of drug-likeness (QED) is 0.315. The fourth-order valence-electron chi connectivity index (χ4n) is 8.38. The number of likely N-dealkylation sites (tertiary alicyclic amines) is 1. The molecule has 252 valence electrons. The number of anilines is 1. The first kappa shape index (κ1) is 30.1. The lowest BCUT2D eigenvalue weighted by atomic mass is 9.71. The Morgan fingerprint density at radius 2 is 2.00 bits per heavy atom. The van der Waals surface area contributed by atoms with Crippen LogP contribution in [0.15, 0.2) is 35.4 Å². The fourth-order valence-corrected chi connectivity index (χ4v) is 8.38. The monoisotopic (exact) mass is 666 g/mol. The molecule has 1 spiro atoms. The van der Waals surface area contributed by atoms with Crippen LogP contribution in [0, 0.1) is 18.7 Å². The van der Waals surface area contributed by atoms with Gasteiger partial charge in [-0.3, -0.25) is 14.4 Å². The van der Waals surface area contributed by atoms with Gasteiger partial charge in [0.2, 0.25) is 11.7 Å². The van der Waals surface area contributed by atoms with E-state index in [1.54, 1.807) is 22.5 Å². The van der Waals surface area contributed by atoms with E-state index in [2.05, 4.69) is 20.4 Å². The first-order valence-electron chi connectivity index (χ1n) is 16.9. The number of aromatic nitrogens is 6. The Bertz CT molecular complexity index is 2160. The second-order valence-corrected chi connectivity index (χ2v) is 14.0. The number of nitrogens with zero attached hydrogens (tertiary/aromatic N) is 7. The molecule has 0 radical (unpaired) electrons. The predicted octanol–water partition coefficient (Wildman–Crippen LogP) is 3.45. The van der Waals surface area contributed by atoms with E-state index in [0.29, 0.717) is 68.6 Å². The number of hydrogen-bond donors (Lipinski definition) is 2. The van der Waals surface area contributed by atoms with E-state index in [4.69, 9.17) is 9.72 Å². The third-order valence-corrected chi connectivity index (χ3v) is 11.2. The molecule has 14 heteroatoms. The Balaban J connectivity index is 1.08. The van der Waals surface area contributed by atoms with Gasteiger partial charge in [-0.1, -0.05) is 12.1 Å². The van der Waals surface area contributed by atoms with Crippen molar-refractivity contribution in [2.75, 3.05) is 31.6 Å². The molecule has 0 unspecified atom stereocenters. The smallest absolute Gasteiger partial charge is 0.279 e. The summed E-state index contributed by atoms with van der Waals surface area (Å²) in [6.45, 7) is 3.12. The minimum Gasteiger partial charge on any atom is -0.504 e. The number of rotatable bonds is 6. The molecule has 49 heavy (non-hydrogen) atoms. The number of amides is 2. The number of carbonyl (C=O) groups is 2. The summed E-state index contributed by atoms with van der Waals surface area (Å²) in [5.41, 5.74) is 2.85. The second kappa shape index (κ2) is 11.0. The van der Waals surface area contributed by atoms with Crippen LogP contribution in [0.3, 0.4) is 0 Å². The minimum absolute atomic E-state index is 0.0363. The van der Waals surface area contributed by atoms with Gasteiger partial charge < -0.3 is 24.6 Å². The maximum Gasteiger partial charge on any atom is 0.279 e. The fraction of sp³-hybridized carbons (Fsp3) is 0.457. The molecule has 3 fully saturated rings. The van der Waals surface area contributed by atoms with Crippen LogP contribution >= 0.6 is 0 Å². The predicted molar refractivity (Wildman–Crippen MR) is 174 cm³/mol. The highest BCUT2D eigenvalue weighted by molar-refractivity contribution is 5.95. The van der Waals surface area contributed by atoms with Crippen molar-refractivity contribution in [2.45, 2.75) is 69.2 Å². The molecule has 4 aromatic rings. The molecular weight excluding hydrogens is 631 g/mol. The summed E-state index contributed by atoms with van der Waals surface area (Å²) in [5, 5.41) is 17.9. The summed E-state index contributed by atoms with van der Waals surface area (Å²) in [6.07, 6.45) is 7.79. The SMILES string of the molecule is Cc1ncnc(C(=O)N2CCC3(CC2)c2c(n(CC(=O)Nc4ccc(C5CC5)cc4F)c4nc(C5=CCOCC5)nn4c2=O)[C@H]2C[C@H]23)c1O. The molecule has 1 saturated heterocycles. The summed E-state index contributed by atoms with van der Waals surface area (Å²) in [5.74, 6) is -0.214. The number of halogens is 1. The lowest BCUT2D eigenvalue weighted by molar-refractivity contribution is -0.116. The van der Waals surface area contributed by atoms with Crippen molar-refractivity contribution < 1.29 is 23.8 Å². The zero-order valence-corrected chi connectivity index (χ0v) is 27.0. The third kappa shape index (κ3) is 4.78. The summed E-state index contributed by atoms with van der Waals surface area (Å²) in [4.78, 5) is 56.0. The number of fused-ring (bicyclic) bond motifs is 6. The first-order valence-corrected chi connectivity index (χ1v) is 16.9. The van der Waals surface area contributed by atoms with Gasteiger partial charge in [0.15, 0.2) is 17.3 Å². The highest BCUT2D eigenvalue weighted by Crippen LogP contribution is 2.67. The Labute approximate surface area is 279 Å². The topological polar surface area (TPSA) is 157 Å². The van der Waals surface area contributed by atoms with E-state index in [-0.39, 0.29) is 52.8 Å². The van der Waals surface area contributed by atoms with E-state index >= 15 is 4.39 Å². The van der Waals surface area contributed by atoms with Crippen molar-refractivity contribution in [2.24, 2.45) is 5.92 Å². The number of nitrogens with one attached hydrogen (secondary N) is 1. The van der Waals surface area contributed by atoms with E-state index in [1.807, 2.05) is 12.1 Å². The Morgan fingerprint density at radius 1 is 1.18 bits per heavy atom. The Hall–Kier alpha value is -4.98. The molecule has 5 aliphatic rings. The van der Waals surface area contributed by atoms with Gasteiger partial charge in [0.25, 0.3) is 11.5 Å². The van der Waals surface area contributed by atoms with Gasteiger partial charge in [-0.05, 0) is 80.6 Å². The van der Waals surface area contributed by atoms with Crippen LogP contribution in [0.2, 0.25) is 0 Å². The van der Waals surface area contributed by atoms with Gasteiger partial charge in [-0.2, -0.15) is 9.50 Å². The molecule has 0 bridgehead atoms. The summed E-state index contributed by atoms with van der Waals surface area (Å²) >= 11 is 0. The minimum atomic E-state index is -0.515. The number of benzene rings is 1. The number of aryl methyl sites for hydroxylation is 1. The molecule has 2 N–H and O–H groups in total. The van der Waals surface area contributed by atoms with Crippen LogP contribution in [-0.2, 0) is 21.5 Å². The van der Waals surface area contributed by atoms with Crippen LogP contribution < -0.4 is 10.9 Å². The average molecular weight is 667 g/mol. The van der Waals surface area contributed by atoms with Crippen molar-refractivity contribution in [3.05, 3.63) is 80.8 Å². The Morgan fingerprint density at radius 3 is 2.73 bits per heavy atom. The van der Waals surface area contributed by atoms with E-state index < -0.39 is 17.1 Å². The first-order chi connectivity index (χ1) is 23.7. The summed E-state index contributed by atoms with van der Waals surface area (Å²) in [7, 11) is 0. The number of piperidine rings is 1. The number of hydrogen-bond acceptors (Lipinski definition) is 9. The molecule has 2 amide bonds. The average Bonchev–Trinajstić information content (AvgIpc) is 4.04. The van der Waals surface area contributed by atoms with Gasteiger partial charge in [-0.15, -0.1) is 5.10 Å². The van der Waals surface area contributed by atoms with E-state index in [1.165, 1.54) is 16.9 Å². The zero-order chi connectivity index (χ0) is 33.6.